The third-order valence-corrected chi connectivity index (χ3v) is 8.49. The minimum absolute atomic E-state index is 0.159. The van der Waals surface area contributed by atoms with Crippen LogP contribution in [-0.2, 0) is 7.05 Å². The number of benzene rings is 1. The molecule has 0 radical (unpaired) electrons. The quantitative estimate of drug-likeness (QED) is 0.789. The van der Waals surface area contributed by atoms with E-state index in [1.54, 1.807) is 4.57 Å². The highest BCUT2D eigenvalue weighted by molar-refractivity contribution is 6.74. The highest BCUT2D eigenvalue weighted by atomic mass is 28.4. The SMILES string of the molecule is Cn1c(C#N)nc2ccc(O[Si](C)(C)C(C)(C)C)cc21. The van der Waals surface area contributed by atoms with Crippen molar-refractivity contribution in [1.29, 1.82) is 5.26 Å². The maximum absolute atomic E-state index is 9.02. The molecule has 0 unspecified atom stereocenters. The van der Waals surface area contributed by atoms with Crippen LogP contribution in [0.2, 0.25) is 18.1 Å². The first-order valence-corrected chi connectivity index (χ1v) is 9.62. The van der Waals surface area contributed by atoms with Crippen LogP contribution < -0.4 is 4.43 Å². The molecule has 1 heterocycles. The van der Waals surface area contributed by atoms with Crippen LogP contribution in [0.25, 0.3) is 11.0 Å². The maximum Gasteiger partial charge on any atom is 0.250 e. The standard InChI is InChI=1S/C15H21N3OSi/c1-15(2,3)20(5,6)19-11-7-8-12-13(9-11)18(4)14(10-16)17-12/h7-9H,1-6H3. The van der Waals surface area contributed by atoms with Gasteiger partial charge in [0.25, 0.3) is 0 Å². The van der Waals surface area contributed by atoms with Crippen molar-refractivity contribution in [1.82, 2.24) is 9.55 Å². The second kappa shape index (κ2) is 4.64. The summed E-state index contributed by atoms with van der Waals surface area (Å²) in [6.45, 7) is 11.1. The second-order valence-electron chi connectivity index (χ2n) is 6.62. The van der Waals surface area contributed by atoms with E-state index < -0.39 is 8.32 Å². The van der Waals surface area contributed by atoms with Crippen LogP contribution in [0.4, 0.5) is 0 Å². The Bertz CT molecular complexity index is 689. The summed E-state index contributed by atoms with van der Waals surface area (Å²) in [6, 6.07) is 7.93. The zero-order chi connectivity index (χ0) is 15.1. The average molecular weight is 287 g/mol. The Hall–Kier alpha value is -1.80. The Morgan fingerprint density at radius 3 is 2.50 bits per heavy atom. The van der Waals surface area contributed by atoms with E-state index in [1.807, 2.05) is 25.2 Å². The first kappa shape index (κ1) is 14.6. The number of fused-ring (bicyclic) bond motifs is 1. The number of hydrogen-bond donors (Lipinski definition) is 0. The number of rotatable bonds is 2. The molecule has 0 N–H and O–H groups in total. The summed E-state index contributed by atoms with van der Waals surface area (Å²) in [7, 11) is 0.00454. The molecule has 0 amide bonds. The number of hydrogen-bond acceptors (Lipinski definition) is 3. The van der Waals surface area contributed by atoms with E-state index >= 15 is 0 Å². The predicted octanol–water partition coefficient (Wildman–Crippen LogP) is 3.83. The van der Waals surface area contributed by atoms with Crippen LogP contribution in [0, 0.1) is 11.3 Å². The lowest BCUT2D eigenvalue weighted by atomic mass is 10.2. The summed E-state index contributed by atoms with van der Waals surface area (Å²) >= 11 is 0. The Balaban J connectivity index is 2.43. The smallest absolute Gasteiger partial charge is 0.250 e. The largest absolute Gasteiger partial charge is 0.543 e. The Labute approximate surface area is 121 Å². The van der Waals surface area contributed by atoms with Crippen molar-refractivity contribution >= 4 is 19.4 Å². The number of aryl methyl sites for hydroxylation is 1. The molecule has 4 nitrogen and oxygen atoms in total. The molecule has 106 valence electrons. The van der Waals surface area contributed by atoms with E-state index in [1.165, 1.54) is 0 Å². The zero-order valence-electron chi connectivity index (χ0n) is 13.0. The molecular formula is C15H21N3OSi. The van der Waals surface area contributed by atoms with Gasteiger partial charge in [-0.05, 0) is 30.3 Å². The Morgan fingerprint density at radius 2 is 1.95 bits per heavy atom. The minimum Gasteiger partial charge on any atom is -0.543 e. The summed E-state index contributed by atoms with van der Waals surface area (Å²) in [6.07, 6.45) is 0. The molecule has 2 rings (SSSR count). The monoisotopic (exact) mass is 287 g/mol. The summed E-state index contributed by atoms with van der Waals surface area (Å²) in [5.74, 6) is 1.28. The molecule has 0 aliphatic rings. The van der Waals surface area contributed by atoms with Crippen LogP contribution in [0.1, 0.15) is 26.6 Å². The van der Waals surface area contributed by atoms with Gasteiger partial charge < -0.3 is 8.99 Å². The lowest BCUT2D eigenvalue weighted by molar-refractivity contribution is 0.492. The molecule has 0 atom stereocenters. The van der Waals surface area contributed by atoms with Crippen molar-refractivity contribution in [3.05, 3.63) is 24.0 Å². The van der Waals surface area contributed by atoms with Gasteiger partial charge in [0.15, 0.2) is 0 Å². The number of nitriles is 1. The zero-order valence-corrected chi connectivity index (χ0v) is 14.0. The third kappa shape index (κ3) is 2.43. The van der Waals surface area contributed by atoms with E-state index in [9.17, 15) is 0 Å². The Kier molecular flexibility index (Phi) is 3.38. The summed E-state index contributed by atoms with van der Waals surface area (Å²) < 4.78 is 8.09. The first-order valence-electron chi connectivity index (χ1n) is 6.71. The van der Waals surface area contributed by atoms with Gasteiger partial charge in [-0.1, -0.05) is 20.8 Å². The summed E-state index contributed by atoms with van der Waals surface area (Å²) in [4.78, 5) is 4.27. The molecule has 0 spiro atoms. The van der Waals surface area contributed by atoms with E-state index in [0.717, 1.165) is 16.8 Å². The molecule has 0 fully saturated rings. The van der Waals surface area contributed by atoms with Crippen molar-refractivity contribution in [2.75, 3.05) is 0 Å². The third-order valence-electron chi connectivity index (χ3n) is 4.13. The van der Waals surface area contributed by atoms with Crippen molar-refractivity contribution in [2.24, 2.45) is 7.05 Å². The van der Waals surface area contributed by atoms with Crippen molar-refractivity contribution in [3.63, 3.8) is 0 Å². The number of nitrogens with zero attached hydrogens (tertiary/aromatic N) is 3. The van der Waals surface area contributed by atoms with Crippen LogP contribution >= 0.6 is 0 Å². The Morgan fingerprint density at radius 1 is 1.30 bits per heavy atom. The van der Waals surface area contributed by atoms with Gasteiger partial charge in [-0.3, -0.25) is 0 Å². The molecule has 0 bridgehead atoms. The van der Waals surface area contributed by atoms with Gasteiger partial charge >= 0.3 is 0 Å². The van der Waals surface area contributed by atoms with Gasteiger partial charge in [0.05, 0.1) is 11.0 Å². The van der Waals surface area contributed by atoms with Crippen LogP contribution in [0.15, 0.2) is 18.2 Å². The fourth-order valence-corrected chi connectivity index (χ4v) is 2.80. The topological polar surface area (TPSA) is 50.8 Å². The maximum atomic E-state index is 9.02. The molecule has 0 saturated carbocycles. The molecule has 1 aromatic heterocycles. The summed E-state index contributed by atoms with van der Waals surface area (Å²) in [5.41, 5.74) is 1.75. The van der Waals surface area contributed by atoms with E-state index in [4.69, 9.17) is 9.69 Å². The minimum atomic E-state index is -1.85. The molecule has 2 aromatic rings. The number of aromatic nitrogens is 2. The van der Waals surface area contributed by atoms with Crippen molar-refractivity contribution in [3.8, 4) is 11.8 Å². The average Bonchev–Trinajstić information content (AvgIpc) is 2.64. The van der Waals surface area contributed by atoms with Gasteiger partial charge in [-0.2, -0.15) is 5.26 Å². The molecule has 0 aliphatic heterocycles. The van der Waals surface area contributed by atoms with Crippen LogP contribution in [0.5, 0.6) is 5.75 Å². The lowest BCUT2D eigenvalue weighted by Gasteiger charge is -2.36. The van der Waals surface area contributed by atoms with Gasteiger partial charge in [0.2, 0.25) is 14.1 Å². The van der Waals surface area contributed by atoms with E-state index in [0.29, 0.717) is 5.82 Å². The molecule has 20 heavy (non-hydrogen) atoms. The fraction of sp³-hybridized carbons (Fsp3) is 0.467. The van der Waals surface area contributed by atoms with Crippen molar-refractivity contribution in [2.45, 2.75) is 38.9 Å². The molecule has 1 aromatic carbocycles. The van der Waals surface area contributed by atoms with Gasteiger partial charge in [-0.25, -0.2) is 4.98 Å². The molecule has 0 saturated heterocycles. The summed E-state index contributed by atoms with van der Waals surface area (Å²) in [5, 5.41) is 9.18. The predicted molar refractivity (Wildman–Crippen MR) is 83.3 cm³/mol. The normalized spacial score (nSPS) is 12.4. The highest BCUT2D eigenvalue weighted by Gasteiger charge is 2.39. The van der Waals surface area contributed by atoms with Gasteiger partial charge in [-0.15, -0.1) is 0 Å². The molecule has 0 aliphatic carbocycles. The van der Waals surface area contributed by atoms with E-state index in [2.05, 4.69) is 44.9 Å². The first-order chi connectivity index (χ1) is 9.15. The molecular weight excluding hydrogens is 266 g/mol. The van der Waals surface area contributed by atoms with Gasteiger partial charge in [0.1, 0.15) is 11.8 Å². The van der Waals surface area contributed by atoms with Gasteiger partial charge in [0, 0.05) is 13.1 Å². The fourth-order valence-electron chi connectivity index (χ4n) is 1.78. The van der Waals surface area contributed by atoms with Crippen LogP contribution in [-0.4, -0.2) is 17.9 Å². The lowest BCUT2D eigenvalue weighted by Crippen LogP contribution is -2.43. The molecule has 5 heteroatoms. The second-order valence-corrected chi connectivity index (χ2v) is 11.3. The van der Waals surface area contributed by atoms with Crippen molar-refractivity contribution < 1.29 is 4.43 Å². The van der Waals surface area contributed by atoms with Crippen LogP contribution in [0.3, 0.4) is 0 Å². The highest BCUT2D eigenvalue weighted by Crippen LogP contribution is 2.37. The van der Waals surface area contributed by atoms with E-state index in [-0.39, 0.29) is 5.04 Å². The number of imidazole rings is 1.